The van der Waals surface area contributed by atoms with Gasteiger partial charge in [-0.1, -0.05) is 38.3 Å². The van der Waals surface area contributed by atoms with Crippen molar-refractivity contribution >= 4 is 23.4 Å². The summed E-state index contributed by atoms with van der Waals surface area (Å²) in [4.78, 5) is 13.3. The second-order valence-electron chi connectivity index (χ2n) is 5.82. The third-order valence-corrected chi connectivity index (χ3v) is 5.28. The molecule has 4 heteroatoms. The summed E-state index contributed by atoms with van der Waals surface area (Å²) in [6.45, 7) is 2.09. The van der Waals surface area contributed by atoms with E-state index in [4.69, 9.17) is 5.73 Å². The van der Waals surface area contributed by atoms with Gasteiger partial charge in [0, 0.05) is 22.6 Å². The number of carbonyl (C=O) groups is 1. The van der Waals surface area contributed by atoms with Crippen molar-refractivity contribution < 1.29 is 4.79 Å². The zero-order valence-corrected chi connectivity index (χ0v) is 13.6. The van der Waals surface area contributed by atoms with Crippen LogP contribution in [-0.4, -0.2) is 17.2 Å². The van der Waals surface area contributed by atoms with E-state index < -0.39 is 0 Å². The Kier molecular flexibility index (Phi) is 6.58. The molecule has 1 saturated carbocycles. The Labute approximate surface area is 132 Å². The predicted octanol–water partition coefficient (Wildman–Crippen LogP) is 4.18. The van der Waals surface area contributed by atoms with Crippen LogP contribution < -0.4 is 11.1 Å². The largest absolute Gasteiger partial charge is 0.327 e. The lowest BCUT2D eigenvalue weighted by molar-refractivity contribution is -0.116. The highest BCUT2D eigenvalue weighted by Gasteiger charge is 2.18. The van der Waals surface area contributed by atoms with Gasteiger partial charge >= 0.3 is 0 Å². The summed E-state index contributed by atoms with van der Waals surface area (Å²) in [5.74, 6) is 0.0235. The van der Waals surface area contributed by atoms with E-state index in [2.05, 4.69) is 18.3 Å². The molecule has 3 nitrogen and oxygen atoms in total. The minimum absolute atomic E-state index is 0.0235. The summed E-state index contributed by atoms with van der Waals surface area (Å²) < 4.78 is 0. The number of anilines is 1. The maximum absolute atomic E-state index is 12.1. The molecular weight excluding hydrogens is 280 g/mol. The average Bonchev–Trinajstić information content (AvgIpc) is 2.94. The highest BCUT2D eigenvalue weighted by molar-refractivity contribution is 8.00. The molecule has 0 aliphatic heterocycles. The van der Waals surface area contributed by atoms with Crippen molar-refractivity contribution in [1.82, 2.24) is 0 Å². The molecule has 0 heterocycles. The Hall–Kier alpha value is -1.00. The van der Waals surface area contributed by atoms with Gasteiger partial charge in [0.05, 0.1) is 5.69 Å². The fraction of sp³-hybridized carbons (Fsp3) is 0.588. The summed E-state index contributed by atoms with van der Waals surface area (Å²) in [7, 11) is 0. The summed E-state index contributed by atoms with van der Waals surface area (Å²) in [6.07, 6.45) is 7.55. The van der Waals surface area contributed by atoms with Gasteiger partial charge in [-0.25, -0.2) is 0 Å². The van der Waals surface area contributed by atoms with Crippen LogP contribution in [0, 0.1) is 0 Å². The molecule has 2 rings (SSSR count). The predicted molar refractivity (Wildman–Crippen MR) is 90.7 cm³/mol. The van der Waals surface area contributed by atoms with E-state index in [-0.39, 0.29) is 11.9 Å². The van der Waals surface area contributed by atoms with Gasteiger partial charge in [-0.2, -0.15) is 0 Å². The van der Waals surface area contributed by atoms with Crippen molar-refractivity contribution in [2.24, 2.45) is 5.73 Å². The van der Waals surface area contributed by atoms with Gasteiger partial charge < -0.3 is 11.1 Å². The van der Waals surface area contributed by atoms with Crippen LogP contribution in [0.25, 0.3) is 0 Å². The topological polar surface area (TPSA) is 55.1 Å². The second kappa shape index (κ2) is 8.44. The fourth-order valence-electron chi connectivity index (χ4n) is 2.77. The van der Waals surface area contributed by atoms with Crippen molar-refractivity contribution in [3.63, 3.8) is 0 Å². The maximum atomic E-state index is 12.1. The zero-order valence-electron chi connectivity index (χ0n) is 12.8. The van der Waals surface area contributed by atoms with Crippen LogP contribution in [-0.2, 0) is 4.79 Å². The summed E-state index contributed by atoms with van der Waals surface area (Å²) in [6, 6.07) is 8.06. The van der Waals surface area contributed by atoms with E-state index in [9.17, 15) is 4.79 Å². The second-order valence-corrected chi connectivity index (χ2v) is 7.16. The number of rotatable bonds is 7. The van der Waals surface area contributed by atoms with Gasteiger partial charge in [0.15, 0.2) is 0 Å². The van der Waals surface area contributed by atoms with E-state index in [0.717, 1.165) is 18.5 Å². The average molecular weight is 306 g/mol. The lowest BCUT2D eigenvalue weighted by atomic mass is 10.1. The molecule has 1 aliphatic rings. The number of nitrogens with one attached hydrogen (secondary N) is 1. The van der Waals surface area contributed by atoms with Crippen molar-refractivity contribution in [2.45, 2.75) is 68.1 Å². The first kappa shape index (κ1) is 16.4. The standard InChI is InChI=1S/C17H26N2OS/c1-2-7-13(18)12-17(20)19-15-10-5-6-11-16(15)21-14-8-3-4-9-14/h5-6,10-11,13-14H,2-4,7-9,12,18H2,1H3,(H,19,20). The van der Waals surface area contributed by atoms with E-state index in [1.807, 2.05) is 30.0 Å². The van der Waals surface area contributed by atoms with Gasteiger partial charge in [0.25, 0.3) is 0 Å². The fourth-order valence-corrected chi connectivity index (χ4v) is 4.10. The number of benzene rings is 1. The number of para-hydroxylation sites is 1. The SMILES string of the molecule is CCCC(N)CC(=O)Nc1ccccc1SC1CCCC1. The van der Waals surface area contributed by atoms with Gasteiger partial charge in [0.2, 0.25) is 5.91 Å². The normalized spacial score (nSPS) is 16.9. The quantitative estimate of drug-likeness (QED) is 0.794. The summed E-state index contributed by atoms with van der Waals surface area (Å²) in [5.41, 5.74) is 6.88. The van der Waals surface area contributed by atoms with Crippen LogP contribution in [0.4, 0.5) is 5.69 Å². The van der Waals surface area contributed by atoms with E-state index in [1.54, 1.807) is 0 Å². The molecule has 0 spiro atoms. The molecular formula is C17H26N2OS. The number of hydrogen-bond donors (Lipinski definition) is 2. The van der Waals surface area contributed by atoms with Gasteiger partial charge in [-0.15, -0.1) is 11.8 Å². The van der Waals surface area contributed by atoms with Gasteiger partial charge in [0.1, 0.15) is 0 Å². The molecule has 0 bridgehead atoms. The van der Waals surface area contributed by atoms with Crippen molar-refractivity contribution in [1.29, 1.82) is 0 Å². The molecule has 3 N–H and O–H groups in total. The Morgan fingerprint density at radius 3 is 2.81 bits per heavy atom. The number of nitrogens with two attached hydrogens (primary N) is 1. The molecule has 0 radical (unpaired) electrons. The van der Waals surface area contributed by atoms with E-state index >= 15 is 0 Å². The molecule has 1 fully saturated rings. The van der Waals surface area contributed by atoms with Gasteiger partial charge in [-0.05, 0) is 31.4 Å². The molecule has 1 atom stereocenters. The smallest absolute Gasteiger partial charge is 0.225 e. The van der Waals surface area contributed by atoms with Crippen LogP contribution >= 0.6 is 11.8 Å². The highest BCUT2D eigenvalue weighted by Crippen LogP contribution is 2.38. The molecule has 1 aromatic rings. The molecule has 0 aromatic heterocycles. The first-order valence-electron chi connectivity index (χ1n) is 8.00. The van der Waals surface area contributed by atoms with Crippen LogP contribution in [0.15, 0.2) is 29.2 Å². The molecule has 116 valence electrons. The number of hydrogen-bond acceptors (Lipinski definition) is 3. The minimum atomic E-state index is -0.0374. The molecule has 1 aromatic carbocycles. The van der Waals surface area contributed by atoms with Crippen LogP contribution in [0.5, 0.6) is 0 Å². The van der Waals surface area contributed by atoms with Crippen LogP contribution in [0.2, 0.25) is 0 Å². The molecule has 0 saturated heterocycles. The highest BCUT2D eigenvalue weighted by atomic mass is 32.2. The number of thioether (sulfide) groups is 1. The minimum Gasteiger partial charge on any atom is -0.327 e. The maximum Gasteiger partial charge on any atom is 0.225 e. The monoisotopic (exact) mass is 306 g/mol. The number of carbonyl (C=O) groups excluding carboxylic acids is 1. The summed E-state index contributed by atoms with van der Waals surface area (Å²) in [5, 5.41) is 3.73. The Bertz CT molecular complexity index is 458. The number of amides is 1. The van der Waals surface area contributed by atoms with Gasteiger partial charge in [-0.3, -0.25) is 4.79 Å². The molecule has 1 aliphatic carbocycles. The lowest BCUT2D eigenvalue weighted by Gasteiger charge is -2.15. The summed E-state index contributed by atoms with van der Waals surface area (Å²) >= 11 is 1.90. The Morgan fingerprint density at radius 2 is 2.10 bits per heavy atom. The first-order chi connectivity index (χ1) is 10.2. The van der Waals surface area contributed by atoms with Crippen molar-refractivity contribution in [2.75, 3.05) is 5.32 Å². The van der Waals surface area contributed by atoms with E-state index in [1.165, 1.54) is 30.6 Å². The third kappa shape index (κ3) is 5.36. The van der Waals surface area contributed by atoms with Crippen LogP contribution in [0.1, 0.15) is 51.9 Å². The lowest BCUT2D eigenvalue weighted by Crippen LogP contribution is -2.27. The Balaban J connectivity index is 1.94. The molecule has 21 heavy (non-hydrogen) atoms. The molecule has 1 unspecified atom stereocenters. The first-order valence-corrected chi connectivity index (χ1v) is 8.88. The zero-order chi connectivity index (χ0) is 15.1. The van der Waals surface area contributed by atoms with E-state index in [0.29, 0.717) is 11.7 Å². The van der Waals surface area contributed by atoms with Crippen molar-refractivity contribution in [3.8, 4) is 0 Å². The van der Waals surface area contributed by atoms with Crippen molar-refractivity contribution in [3.05, 3.63) is 24.3 Å². The van der Waals surface area contributed by atoms with Crippen LogP contribution in [0.3, 0.4) is 0 Å². The Morgan fingerprint density at radius 1 is 1.38 bits per heavy atom. The third-order valence-electron chi connectivity index (χ3n) is 3.86. The molecule has 1 amide bonds.